The van der Waals surface area contributed by atoms with Crippen LogP contribution in [-0.4, -0.2) is 32.7 Å². The summed E-state index contributed by atoms with van der Waals surface area (Å²) in [6.45, 7) is 2.37. The van der Waals surface area contributed by atoms with Gasteiger partial charge in [0, 0.05) is 12.2 Å². The van der Waals surface area contributed by atoms with Gasteiger partial charge >= 0.3 is 6.03 Å². The van der Waals surface area contributed by atoms with Crippen LogP contribution in [0, 0.1) is 6.92 Å². The van der Waals surface area contributed by atoms with E-state index in [4.69, 9.17) is 9.47 Å². The number of ether oxygens (including phenoxy) is 2. The topological polar surface area (TPSA) is 88.7 Å². The molecule has 0 saturated carbocycles. The minimum Gasteiger partial charge on any atom is -0.493 e. The third-order valence-electron chi connectivity index (χ3n) is 5.14. The van der Waals surface area contributed by atoms with Crippen LogP contribution < -0.4 is 25.4 Å². The number of hydrogen-bond acceptors (Lipinski definition) is 4. The molecule has 0 aromatic heterocycles. The highest BCUT2D eigenvalue weighted by molar-refractivity contribution is 5.97. The van der Waals surface area contributed by atoms with E-state index in [1.54, 1.807) is 14.2 Å². The van der Waals surface area contributed by atoms with Gasteiger partial charge in [-0.3, -0.25) is 4.79 Å². The van der Waals surface area contributed by atoms with Crippen molar-refractivity contribution >= 4 is 17.6 Å². The van der Waals surface area contributed by atoms with Crippen molar-refractivity contribution in [3.8, 4) is 11.5 Å². The van der Waals surface area contributed by atoms with Crippen LogP contribution in [0.2, 0.25) is 0 Å². The SMILES string of the molecule is COc1ccc(CCNC(=O)N[C@@H](C(=O)Nc2ccc(C)cc2)c2ccccc2)cc1OC. The molecule has 7 heteroatoms. The minimum atomic E-state index is -0.839. The van der Waals surface area contributed by atoms with Gasteiger partial charge in [0.05, 0.1) is 14.2 Å². The summed E-state index contributed by atoms with van der Waals surface area (Å²) in [6.07, 6.45) is 0.597. The Kier molecular flexibility index (Phi) is 8.30. The van der Waals surface area contributed by atoms with Gasteiger partial charge in [-0.15, -0.1) is 0 Å². The van der Waals surface area contributed by atoms with Gasteiger partial charge in [0.2, 0.25) is 0 Å². The van der Waals surface area contributed by atoms with Crippen LogP contribution in [0.5, 0.6) is 11.5 Å². The summed E-state index contributed by atoms with van der Waals surface area (Å²) in [4.78, 5) is 25.6. The van der Waals surface area contributed by atoms with Crippen LogP contribution >= 0.6 is 0 Å². The molecule has 3 rings (SSSR count). The number of aryl methyl sites for hydroxylation is 1. The molecule has 0 aliphatic rings. The lowest BCUT2D eigenvalue weighted by molar-refractivity contribution is -0.118. The van der Waals surface area contributed by atoms with Gasteiger partial charge < -0.3 is 25.4 Å². The zero-order valence-electron chi connectivity index (χ0n) is 19.1. The highest BCUT2D eigenvalue weighted by atomic mass is 16.5. The number of benzene rings is 3. The lowest BCUT2D eigenvalue weighted by Crippen LogP contribution is -2.43. The second-order valence-corrected chi connectivity index (χ2v) is 7.54. The summed E-state index contributed by atoms with van der Waals surface area (Å²) < 4.78 is 10.6. The van der Waals surface area contributed by atoms with E-state index in [2.05, 4.69) is 16.0 Å². The second-order valence-electron chi connectivity index (χ2n) is 7.54. The van der Waals surface area contributed by atoms with Gasteiger partial charge in [-0.05, 0) is 48.7 Å². The molecule has 3 aromatic carbocycles. The molecule has 0 bridgehead atoms. The number of hydrogen-bond donors (Lipinski definition) is 3. The first-order valence-corrected chi connectivity index (χ1v) is 10.7. The third-order valence-corrected chi connectivity index (χ3v) is 5.14. The molecule has 0 saturated heterocycles. The fraction of sp³-hybridized carbons (Fsp3) is 0.231. The number of anilines is 1. The van der Waals surface area contributed by atoms with Crippen molar-refractivity contribution in [2.75, 3.05) is 26.1 Å². The van der Waals surface area contributed by atoms with Crippen molar-refractivity contribution in [2.45, 2.75) is 19.4 Å². The normalized spacial score (nSPS) is 11.2. The van der Waals surface area contributed by atoms with Crippen molar-refractivity contribution in [3.63, 3.8) is 0 Å². The van der Waals surface area contributed by atoms with E-state index in [1.807, 2.05) is 79.7 Å². The van der Waals surface area contributed by atoms with Crippen LogP contribution in [0.1, 0.15) is 22.7 Å². The molecule has 3 amide bonds. The van der Waals surface area contributed by atoms with Crippen molar-refractivity contribution in [1.82, 2.24) is 10.6 Å². The first-order valence-electron chi connectivity index (χ1n) is 10.7. The molecule has 0 spiro atoms. The summed E-state index contributed by atoms with van der Waals surface area (Å²) in [5, 5.41) is 8.48. The number of carbonyl (C=O) groups is 2. The van der Waals surface area contributed by atoms with E-state index in [9.17, 15) is 9.59 Å². The second kappa shape index (κ2) is 11.6. The highest BCUT2D eigenvalue weighted by Gasteiger charge is 2.22. The van der Waals surface area contributed by atoms with Crippen molar-refractivity contribution in [3.05, 3.63) is 89.5 Å². The Bertz CT molecular complexity index is 1070. The van der Waals surface area contributed by atoms with Gasteiger partial charge in [0.25, 0.3) is 5.91 Å². The number of nitrogens with one attached hydrogen (secondary N) is 3. The summed E-state index contributed by atoms with van der Waals surface area (Å²) >= 11 is 0. The summed E-state index contributed by atoms with van der Waals surface area (Å²) in [5.41, 5.74) is 3.45. The van der Waals surface area contributed by atoms with Crippen molar-refractivity contribution < 1.29 is 19.1 Å². The first kappa shape index (κ1) is 23.7. The molecule has 3 N–H and O–H groups in total. The summed E-state index contributed by atoms with van der Waals surface area (Å²) in [6, 6.07) is 21.0. The molecule has 172 valence electrons. The van der Waals surface area contributed by atoms with Crippen molar-refractivity contribution in [2.24, 2.45) is 0 Å². The molecule has 0 aliphatic carbocycles. The number of amides is 3. The van der Waals surface area contributed by atoms with Crippen molar-refractivity contribution in [1.29, 1.82) is 0 Å². The maximum atomic E-state index is 13.0. The first-order chi connectivity index (χ1) is 16.0. The molecule has 0 aliphatic heterocycles. The van der Waals surface area contributed by atoms with E-state index in [1.165, 1.54) is 0 Å². The van der Waals surface area contributed by atoms with E-state index >= 15 is 0 Å². The van der Waals surface area contributed by atoms with Crippen LogP contribution in [0.25, 0.3) is 0 Å². The molecule has 0 unspecified atom stereocenters. The molecular weight excluding hydrogens is 418 g/mol. The monoisotopic (exact) mass is 447 g/mol. The molecule has 7 nitrogen and oxygen atoms in total. The Balaban J connectivity index is 1.61. The Morgan fingerprint density at radius 2 is 1.58 bits per heavy atom. The number of carbonyl (C=O) groups excluding carboxylic acids is 2. The number of urea groups is 1. The lowest BCUT2D eigenvalue weighted by atomic mass is 10.1. The van der Waals surface area contributed by atoms with E-state index < -0.39 is 12.1 Å². The average molecular weight is 448 g/mol. The Labute approximate surface area is 194 Å². The zero-order chi connectivity index (χ0) is 23.6. The Morgan fingerprint density at radius 1 is 0.879 bits per heavy atom. The van der Waals surface area contributed by atoms with E-state index in [0.29, 0.717) is 35.7 Å². The van der Waals surface area contributed by atoms with E-state index in [-0.39, 0.29) is 5.91 Å². The lowest BCUT2D eigenvalue weighted by Gasteiger charge is -2.19. The zero-order valence-corrected chi connectivity index (χ0v) is 19.1. The fourth-order valence-corrected chi connectivity index (χ4v) is 3.34. The number of methoxy groups -OCH3 is 2. The Hall–Kier alpha value is -4.00. The molecule has 0 radical (unpaired) electrons. The third kappa shape index (κ3) is 6.74. The molecule has 3 aromatic rings. The molecule has 1 atom stereocenters. The van der Waals surface area contributed by atoms with Gasteiger partial charge in [0.1, 0.15) is 6.04 Å². The van der Waals surface area contributed by atoms with Crippen LogP contribution in [0.3, 0.4) is 0 Å². The quantitative estimate of drug-likeness (QED) is 0.458. The highest BCUT2D eigenvalue weighted by Crippen LogP contribution is 2.27. The van der Waals surface area contributed by atoms with Gasteiger partial charge in [-0.2, -0.15) is 0 Å². The fourth-order valence-electron chi connectivity index (χ4n) is 3.34. The predicted molar refractivity (Wildman–Crippen MR) is 129 cm³/mol. The standard InChI is InChI=1S/C26H29N3O4/c1-18-9-12-21(13-10-18)28-25(30)24(20-7-5-4-6-8-20)29-26(31)27-16-15-19-11-14-22(32-2)23(17-19)33-3/h4-14,17,24H,15-16H2,1-3H3,(H,28,30)(H2,27,29,31)/t24-/m1/s1. The van der Waals surface area contributed by atoms with Crippen LogP contribution in [0.15, 0.2) is 72.8 Å². The van der Waals surface area contributed by atoms with Gasteiger partial charge in [0.15, 0.2) is 11.5 Å². The Morgan fingerprint density at radius 3 is 2.24 bits per heavy atom. The summed E-state index contributed by atoms with van der Waals surface area (Å²) in [7, 11) is 3.17. The summed E-state index contributed by atoms with van der Waals surface area (Å²) in [5.74, 6) is 0.966. The largest absolute Gasteiger partial charge is 0.493 e. The average Bonchev–Trinajstić information content (AvgIpc) is 2.84. The molecule has 33 heavy (non-hydrogen) atoms. The van der Waals surface area contributed by atoms with Crippen LogP contribution in [-0.2, 0) is 11.2 Å². The van der Waals surface area contributed by atoms with Crippen LogP contribution in [0.4, 0.5) is 10.5 Å². The van der Waals surface area contributed by atoms with E-state index in [0.717, 1.165) is 11.1 Å². The molecule has 0 fully saturated rings. The maximum absolute atomic E-state index is 13.0. The number of rotatable bonds is 9. The van der Waals surface area contributed by atoms with Gasteiger partial charge in [-0.1, -0.05) is 54.1 Å². The molecule has 0 heterocycles. The molecular formula is C26H29N3O4. The predicted octanol–water partition coefficient (Wildman–Crippen LogP) is 4.23. The maximum Gasteiger partial charge on any atom is 0.315 e. The minimum absolute atomic E-state index is 0.319. The smallest absolute Gasteiger partial charge is 0.315 e. The van der Waals surface area contributed by atoms with Gasteiger partial charge in [-0.25, -0.2) is 4.79 Å².